The van der Waals surface area contributed by atoms with Gasteiger partial charge in [-0.2, -0.15) is 0 Å². The molecular weight excluding hydrogens is 345 g/mol. The topological polar surface area (TPSA) is 26.0 Å². The largest absolute Gasteiger partial charge is 0.204 e. The summed E-state index contributed by atoms with van der Waals surface area (Å²) >= 11 is 0. The van der Waals surface area contributed by atoms with Gasteiger partial charge in [-0.15, -0.1) is 0 Å². The van der Waals surface area contributed by atoms with E-state index in [0.717, 1.165) is 41.2 Å². The van der Waals surface area contributed by atoms with Crippen molar-refractivity contribution in [1.29, 1.82) is 0 Å². The van der Waals surface area contributed by atoms with Crippen molar-refractivity contribution in [2.75, 3.05) is 6.16 Å². The monoisotopic (exact) mass is 394 g/mol. The van der Waals surface area contributed by atoms with Crippen LogP contribution in [0.4, 0.5) is 0 Å². The van der Waals surface area contributed by atoms with E-state index in [2.05, 4.69) is 41.5 Å². The van der Waals surface area contributed by atoms with Gasteiger partial charge in [-0.05, 0) is 114 Å². The van der Waals surface area contributed by atoms with Crippen molar-refractivity contribution in [2.24, 2.45) is 41.0 Å². The lowest BCUT2D eigenvalue weighted by atomic mass is 9.65. The quantitative estimate of drug-likeness (QED) is 0.458. The highest BCUT2D eigenvalue weighted by molar-refractivity contribution is 7.75. The molecule has 0 radical (unpaired) electrons. The molecule has 0 aromatic rings. The molecule has 0 saturated heterocycles. The zero-order valence-electron chi connectivity index (χ0n) is 19.3. The van der Waals surface area contributed by atoms with E-state index in [1.807, 2.05) is 0 Å². The van der Waals surface area contributed by atoms with Gasteiger partial charge < -0.3 is 0 Å². The Bertz CT molecular complexity index is 473. The molecule has 0 amide bonds. The first-order valence-electron chi connectivity index (χ1n) is 12.3. The Balaban J connectivity index is 1.71. The maximum absolute atomic E-state index is 7.52. The third-order valence-electron chi connectivity index (χ3n) is 9.30. The van der Waals surface area contributed by atoms with E-state index in [9.17, 15) is 0 Å². The van der Waals surface area contributed by atoms with Gasteiger partial charge in [-0.1, -0.05) is 27.2 Å². The van der Waals surface area contributed by atoms with Gasteiger partial charge in [-0.3, -0.25) is 0 Å². The lowest BCUT2D eigenvalue weighted by Crippen LogP contribution is -2.47. The molecule has 0 spiro atoms. The predicted octanol–water partition coefficient (Wildman–Crippen LogP) is 7.74. The highest BCUT2D eigenvalue weighted by atomic mass is 31.2. The summed E-state index contributed by atoms with van der Waals surface area (Å²) in [4.78, 5) is 0. The molecule has 3 aliphatic carbocycles. The molecule has 3 fully saturated rings. The number of fused-ring (bicyclic) bond motifs is 2. The van der Waals surface area contributed by atoms with Crippen molar-refractivity contribution in [3.63, 3.8) is 0 Å². The lowest BCUT2D eigenvalue weighted by Gasteiger charge is -2.52. The fraction of sp³-hybridized carbons (Fsp3) is 1.00. The average Bonchev–Trinajstić information content (AvgIpc) is 2.58. The summed E-state index contributed by atoms with van der Waals surface area (Å²) in [5.74, 6) is 5.74. The molecular formula is C25H49NP+. The first kappa shape index (κ1) is 22.1. The minimum absolute atomic E-state index is 0.458. The average molecular weight is 395 g/mol. The van der Waals surface area contributed by atoms with E-state index >= 15 is 0 Å². The van der Waals surface area contributed by atoms with E-state index in [0.29, 0.717) is 5.16 Å². The second-order valence-corrected chi connectivity index (χ2v) is 16.2. The third-order valence-corrected chi connectivity index (χ3v) is 14.5. The number of hydrogen-bond acceptors (Lipinski definition) is 1. The molecule has 2 bridgehead atoms. The summed E-state index contributed by atoms with van der Waals surface area (Å²) in [6, 6.07) is 0. The smallest absolute Gasteiger partial charge is 0.0930 e. The summed E-state index contributed by atoms with van der Waals surface area (Å²) in [6.45, 7) is 15.0. The van der Waals surface area contributed by atoms with Crippen LogP contribution in [-0.4, -0.2) is 17.0 Å². The van der Waals surface area contributed by atoms with E-state index in [1.165, 1.54) is 70.4 Å². The van der Waals surface area contributed by atoms with Crippen molar-refractivity contribution in [3.05, 3.63) is 0 Å². The first-order valence-corrected chi connectivity index (χ1v) is 14.5. The van der Waals surface area contributed by atoms with Crippen molar-refractivity contribution < 1.29 is 0 Å². The Morgan fingerprint density at radius 2 is 1.44 bits per heavy atom. The van der Waals surface area contributed by atoms with E-state index < -0.39 is 7.41 Å². The second-order valence-electron chi connectivity index (χ2n) is 11.7. The fourth-order valence-corrected chi connectivity index (χ4v) is 12.5. The van der Waals surface area contributed by atoms with Crippen LogP contribution < -0.4 is 5.50 Å². The van der Waals surface area contributed by atoms with Gasteiger partial charge in [0.15, 0.2) is 0 Å². The van der Waals surface area contributed by atoms with Crippen molar-refractivity contribution in [2.45, 2.75) is 117 Å². The van der Waals surface area contributed by atoms with Gasteiger partial charge in [0.05, 0.1) is 24.4 Å². The van der Waals surface area contributed by atoms with Crippen LogP contribution in [-0.2, 0) is 0 Å². The molecule has 1 nitrogen and oxygen atoms in total. The highest BCUT2D eigenvalue weighted by Gasteiger charge is 2.58. The molecule has 2 heteroatoms. The maximum Gasteiger partial charge on any atom is 0.0930 e. The van der Waals surface area contributed by atoms with Crippen LogP contribution in [0.2, 0.25) is 0 Å². The molecule has 2 N–H and O–H groups in total. The standard InChI is InChI=1S/C25H49NP/c1-7-21-9-18(3)10-22(14-21)13-20(5)27(26,8-2)25(6)16-23-11-19(4)12-24(15-23)17-25/h18-24H,7-17,26H2,1-6H3/q+1. The van der Waals surface area contributed by atoms with Gasteiger partial charge >= 0.3 is 0 Å². The summed E-state index contributed by atoms with van der Waals surface area (Å²) in [5.41, 5.74) is 8.28. The van der Waals surface area contributed by atoms with Gasteiger partial charge in [0, 0.05) is 0 Å². The van der Waals surface area contributed by atoms with Crippen LogP contribution >= 0.6 is 7.41 Å². The van der Waals surface area contributed by atoms with Crippen LogP contribution in [0.3, 0.4) is 0 Å². The molecule has 7 atom stereocenters. The van der Waals surface area contributed by atoms with Gasteiger partial charge in [0.25, 0.3) is 0 Å². The summed E-state index contributed by atoms with van der Waals surface area (Å²) in [5, 5.41) is 0.458. The van der Waals surface area contributed by atoms with Crippen LogP contribution in [0.1, 0.15) is 106 Å². The normalized spacial score (nSPS) is 45.9. The third kappa shape index (κ3) is 4.60. The molecule has 27 heavy (non-hydrogen) atoms. The Hall–Kier alpha value is 0.390. The number of hydrogen-bond donors (Lipinski definition) is 1. The summed E-state index contributed by atoms with van der Waals surface area (Å²) in [7, 11) is -1.42. The van der Waals surface area contributed by atoms with Gasteiger partial charge in [0.2, 0.25) is 0 Å². The molecule has 0 aliphatic heterocycles. The predicted molar refractivity (Wildman–Crippen MR) is 124 cm³/mol. The zero-order chi connectivity index (χ0) is 19.8. The van der Waals surface area contributed by atoms with Crippen molar-refractivity contribution >= 4 is 7.41 Å². The SMILES string of the molecule is CCC1CC(C)CC(CC(C)[P+](N)(CC)C2(C)CC3CC(C)CC(C3)C2)C1. The van der Waals surface area contributed by atoms with E-state index in [-0.39, 0.29) is 0 Å². The first-order chi connectivity index (χ1) is 12.7. The second kappa shape index (κ2) is 8.63. The summed E-state index contributed by atoms with van der Waals surface area (Å²) in [6.07, 6.45) is 15.8. The molecule has 3 rings (SSSR count). The molecule has 3 saturated carbocycles. The van der Waals surface area contributed by atoms with Crippen LogP contribution in [0.25, 0.3) is 0 Å². The van der Waals surface area contributed by atoms with Crippen LogP contribution in [0, 0.1) is 35.5 Å². The number of nitrogens with two attached hydrogens (primary N) is 1. The summed E-state index contributed by atoms with van der Waals surface area (Å²) < 4.78 is 0. The van der Waals surface area contributed by atoms with Gasteiger partial charge in [0.1, 0.15) is 0 Å². The minimum Gasteiger partial charge on any atom is -0.204 e. The molecule has 7 unspecified atom stereocenters. The Morgan fingerprint density at radius 1 is 0.889 bits per heavy atom. The van der Waals surface area contributed by atoms with Crippen LogP contribution in [0.5, 0.6) is 0 Å². The van der Waals surface area contributed by atoms with Gasteiger partial charge in [-0.25, -0.2) is 5.50 Å². The minimum atomic E-state index is -1.42. The Labute approximate surface area is 171 Å². The number of rotatable bonds is 6. The zero-order valence-corrected chi connectivity index (χ0v) is 20.2. The fourth-order valence-electron chi connectivity index (χ4n) is 8.22. The highest BCUT2D eigenvalue weighted by Crippen LogP contribution is 2.73. The van der Waals surface area contributed by atoms with Crippen LogP contribution in [0.15, 0.2) is 0 Å². The molecule has 0 heterocycles. The van der Waals surface area contributed by atoms with Crippen molar-refractivity contribution in [3.8, 4) is 0 Å². The Morgan fingerprint density at radius 3 is 2.00 bits per heavy atom. The van der Waals surface area contributed by atoms with Crippen molar-refractivity contribution in [1.82, 2.24) is 0 Å². The molecule has 0 aromatic carbocycles. The maximum atomic E-state index is 7.52. The lowest BCUT2D eigenvalue weighted by molar-refractivity contribution is 0.120. The molecule has 0 aromatic heterocycles. The Kier molecular flexibility index (Phi) is 7.06. The molecule has 158 valence electrons. The van der Waals surface area contributed by atoms with E-state index in [1.54, 1.807) is 0 Å². The molecule has 3 aliphatic rings. The van der Waals surface area contributed by atoms with E-state index in [4.69, 9.17) is 5.50 Å².